The number of rotatable bonds is 4. The van der Waals surface area contributed by atoms with Gasteiger partial charge < -0.3 is 10.4 Å². The van der Waals surface area contributed by atoms with Gasteiger partial charge in [0.05, 0.1) is 12.5 Å². The minimum atomic E-state index is -2.61. The highest BCUT2D eigenvalue weighted by molar-refractivity contribution is 5.86. The van der Waals surface area contributed by atoms with Crippen LogP contribution < -0.4 is 5.32 Å². The molecule has 19 heavy (non-hydrogen) atoms. The second kappa shape index (κ2) is 5.40. The standard InChI is InChI=1S/C12H18F2N2O3/c13-12(14)2-1-8(6-12)7-16-4-3-15-11(19)9(16)5-10(17)18/h8-9H,1-7H2,(H,15,19)(H,17,18). The largest absolute Gasteiger partial charge is 0.481 e. The number of carboxylic acids is 1. The summed E-state index contributed by atoms with van der Waals surface area (Å²) < 4.78 is 26.3. The van der Waals surface area contributed by atoms with Crippen LogP contribution in [-0.2, 0) is 9.59 Å². The Labute approximate surface area is 109 Å². The van der Waals surface area contributed by atoms with Crippen LogP contribution in [0.3, 0.4) is 0 Å². The monoisotopic (exact) mass is 276 g/mol. The molecule has 1 amide bonds. The molecular weight excluding hydrogens is 258 g/mol. The summed E-state index contributed by atoms with van der Waals surface area (Å²) >= 11 is 0. The molecule has 1 aliphatic heterocycles. The van der Waals surface area contributed by atoms with Gasteiger partial charge >= 0.3 is 5.97 Å². The van der Waals surface area contributed by atoms with E-state index in [2.05, 4.69) is 5.32 Å². The minimum absolute atomic E-state index is 0.110. The van der Waals surface area contributed by atoms with E-state index in [1.807, 2.05) is 0 Å². The summed E-state index contributed by atoms with van der Waals surface area (Å²) in [5.74, 6) is -4.13. The molecule has 1 heterocycles. The highest BCUT2D eigenvalue weighted by Gasteiger charge is 2.41. The molecule has 2 aliphatic rings. The van der Waals surface area contributed by atoms with Crippen molar-refractivity contribution in [1.29, 1.82) is 0 Å². The summed E-state index contributed by atoms with van der Waals surface area (Å²) in [5, 5.41) is 11.4. The average Bonchev–Trinajstić information content (AvgIpc) is 2.63. The first-order chi connectivity index (χ1) is 8.87. The van der Waals surface area contributed by atoms with Crippen molar-refractivity contribution in [2.75, 3.05) is 19.6 Å². The van der Waals surface area contributed by atoms with Crippen LogP contribution in [0.1, 0.15) is 25.7 Å². The van der Waals surface area contributed by atoms with Gasteiger partial charge in [-0.05, 0) is 12.3 Å². The third kappa shape index (κ3) is 3.62. The van der Waals surface area contributed by atoms with Gasteiger partial charge in [0.2, 0.25) is 11.8 Å². The van der Waals surface area contributed by atoms with Gasteiger partial charge in [0.1, 0.15) is 0 Å². The van der Waals surface area contributed by atoms with Gasteiger partial charge in [0.15, 0.2) is 0 Å². The highest BCUT2D eigenvalue weighted by atomic mass is 19.3. The van der Waals surface area contributed by atoms with E-state index in [9.17, 15) is 18.4 Å². The van der Waals surface area contributed by atoms with Gasteiger partial charge in [0, 0.05) is 32.5 Å². The van der Waals surface area contributed by atoms with Gasteiger partial charge in [-0.2, -0.15) is 0 Å². The number of aliphatic carboxylic acids is 1. The van der Waals surface area contributed by atoms with Crippen LogP contribution in [0, 0.1) is 5.92 Å². The highest BCUT2D eigenvalue weighted by Crippen LogP contribution is 2.39. The molecule has 0 aromatic carbocycles. The van der Waals surface area contributed by atoms with E-state index in [1.165, 1.54) is 0 Å². The summed E-state index contributed by atoms with van der Waals surface area (Å²) in [4.78, 5) is 24.2. The molecule has 2 fully saturated rings. The van der Waals surface area contributed by atoms with Crippen molar-refractivity contribution < 1.29 is 23.5 Å². The van der Waals surface area contributed by atoms with Crippen molar-refractivity contribution in [3.05, 3.63) is 0 Å². The summed E-state index contributed by atoms with van der Waals surface area (Å²) in [6.07, 6.45) is -0.119. The number of nitrogens with zero attached hydrogens (tertiary/aromatic N) is 1. The van der Waals surface area contributed by atoms with E-state index >= 15 is 0 Å². The van der Waals surface area contributed by atoms with Crippen LogP contribution in [-0.4, -0.2) is 53.5 Å². The Bertz CT molecular complexity index is 376. The number of carboxylic acid groups (broad SMARTS) is 1. The molecule has 0 spiro atoms. The number of amides is 1. The molecule has 5 nitrogen and oxygen atoms in total. The van der Waals surface area contributed by atoms with Crippen molar-refractivity contribution in [2.24, 2.45) is 5.92 Å². The van der Waals surface area contributed by atoms with Crippen molar-refractivity contribution in [3.8, 4) is 0 Å². The lowest BCUT2D eigenvalue weighted by molar-refractivity contribution is -0.143. The number of hydrogen-bond donors (Lipinski definition) is 2. The summed E-state index contributed by atoms with van der Waals surface area (Å²) in [5.41, 5.74) is 0. The zero-order valence-corrected chi connectivity index (χ0v) is 10.6. The summed E-state index contributed by atoms with van der Waals surface area (Å²) in [6.45, 7) is 1.34. The fraction of sp³-hybridized carbons (Fsp3) is 0.833. The number of nitrogens with one attached hydrogen (secondary N) is 1. The fourth-order valence-electron chi connectivity index (χ4n) is 2.90. The Hall–Kier alpha value is -1.24. The second-order valence-electron chi connectivity index (χ2n) is 5.36. The first-order valence-electron chi connectivity index (χ1n) is 6.49. The van der Waals surface area contributed by atoms with Gasteiger partial charge in [-0.25, -0.2) is 8.78 Å². The number of hydrogen-bond acceptors (Lipinski definition) is 3. The SMILES string of the molecule is O=C(O)CC1C(=O)NCCN1CC1CCC(F)(F)C1. The Kier molecular flexibility index (Phi) is 4.03. The van der Waals surface area contributed by atoms with E-state index in [0.29, 0.717) is 26.1 Å². The lowest BCUT2D eigenvalue weighted by atomic mass is 10.0. The van der Waals surface area contributed by atoms with Crippen LogP contribution in [0.5, 0.6) is 0 Å². The zero-order valence-electron chi connectivity index (χ0n) is 10.6. The van der Waals surface area contributed by atoms with E-state index in [4.69, 9.17) is 5.11 Å². The number of alkyl halides is 2. The number of halogens is 2. The van der Waals surface area contributed by atoms with Crippen molar-refractivity contribution >= 4 is 11.9 Å². The molecule has 0 aromatic heterocycles. The van der Waals surface area contributed by atoms with E-state index < -0.39 is 17.9 Å². The smallest absolute Gasteiger partial charge is 0.305 e. The van der Waals surface area contributed by atoms with Crippen molar-refractivity contribution in [2.45, 2.75) is 37.6 Å². The molecule has 1 aliphatic carbocycles. The summed E-state index contributed by atoms with van der Waals surface area (Å²) in [6, 6.07) is -0.736. The predicted octanol–water partition coefficient (Wildman–Crippen LogP) is 0.697. The Morgan fingerprint density at radius 1 is 1.53 bits per heavy atom. The quantitative estimate of drug-likeness (QED) is 0.793. The number of piperazine rings is 1. The molecule has 2 N–H and O–H groups in total. The fourth-order valence-corrected chi connectivity index (χ4v) is 2.90. The van der Waals surface area contributed by atoms with Gasteiger partial charge in [0.25, 0.3) is 0 Å². The maximum Gasteiger partial charge on any atom is 0.305 e. The van der Waals surface area contributed by atoms with Crippen LogP contribution >= 0.6 is 0 Å². The van der Waals surface area contributed by atoms with Crippen molar-refractivity contribution in [1.82, 2.24) is 10.2 Å². The molecule has 2 unspecified atom stereocenters. The van der Waals surface area contributed by atoms with Crippen LogP contribution in [0.4, 0.5) is 8.78 Å². The predicted molar refractivity (Wildman–Crippen MR) is 62.9 cm³/mol. The average molecular weight is 276 g/mol. The molecule has 2 atom stereocenters. The maximum atomic E-state index is 13.1. The van der Waals surface area contributed by atoms with Crippen LogP contribution in [0.2, 0.25) is 0 Å². The number of carbonyl (C=O) groups excluding carboxylic acids is 1. The first kappa shape index (κ1) is 14.2. The molecule has 1 saturated carbocycles. The Morgan fingerprint density at radius 2 is 2.26 bits per heavy atom. The Morgan fingerprint density at radius 3 is 2.84 bits per heavy atom. The Balaban J connectivity index is 1.96. The third-order valence-electron chi connectivity index (χ3n) is 3.81. The first-order valence-corrected chi connectivity index (χ1v) is 6.49. The molecule has 108 valence electrons. The molecule has 1 saturated heterocycles. The molecule has 0 aromatic rings. The summed E-state index contributed by atoms with van der Waals surface area (Å²) in [7, 11) is 0. The van der Waals surface area contributed by atoms with E-state index in [1.54, 1.807) is 4.90 Å². The van der Waals surface area contributed by atoms with Crippen molar-refractivity contribution in [3.63, 3.8) is 0 Å². The topological polar surface area (TPSA) is 69.6 Å². The van der Waals surface area contributed by atoms with E-state index in [0.717, 1.165) is 0 Å². The van der Waals surface area contributed by atoms with Gasteiger partial charge in [-0.1, -0.05) is 0 Å². The minimum Gasteiger partial charge on any atom is -0.481 e. The molecule has 0 bridgehead atoms. The maximum absolute atomic E-state index is 13.1. The molecule has 2 rings (SSSR count). The van der Waals surface area contributed by atoms with Crippen LogP contribution in [0.15, 0.2) is 0 Å². The lowest BCUT2D eigenvalue weighted by Crippen LogP contribution is -2.56. The zero-order chi connectivity index (χ0) is 14.0. The van der Waals surface area contributed by atoms with Gasteiger partial charge in [-0.15, -0.1) is 0 Å². The van der Waals surface area contributed by atoms with E-state index in [-0.39, 0.29) is 31.1 Å². The lowest BCUT2D eigenvalue weighted by Gasteiger charge is -2.35. The number of carbonyl (C=O) groups is 2. The molecule has 7 heteroatoms. The molecular formula is C12H18F2N2O3. The van der Waals surface area contributed by atoms with Crippen LogP contribution in [0.25, 0.3) is 0 Å². The molecule has 0 radical (unpaired) electrons. The third-order valence-corrected chi connectivity index (χ3v) is 3.81. The van der Waals surface area contributed by atoms with Gasteiger partial charge in [-0.3, -0.25) is 14.5 Å². The second-order valence-corrected chi connectivity index (χ2v) is 5.36. The normalized spacial score (nSPS) is 31.2.